The molecule has 1 aromatic heterocycles. The van der Waals surface area contributed by atoms with E-state index in [-0.39, 0.29) is 0 Å². The predicted octanol–water partition coefficient (Wildman–Crippen LogP) is -2.20. The van der Waals surface area contributed by atoms with Crippen LogP contribution in [0.25, 0.3) is 11.8 Å². The van der Waals surface area contributed by atoms with Gasteiger partial charge in [0.25, 0.3) is 0 Å². The zero-order valence-corrected chi connectivity index (χ0v) is 13.0. The van der Waals surface area contributed by atoms with Crippen LogP contribution in [0, 0.1) is 10.2 Å². The predicted molar refractivity (Wildman–Crippen MR) is 71.0 cm³/mol. The second-order valence-corrected chi connectivity index (χ2v) is 5.26. The molecule has 0 fully saturated rings. The van der Waals surface area contributed by atoms with Crippen LogP contribution in [0.4, 0.5) is 0 Å². The molecule has 1 N–H and O–H groups in total. The molecule has 1 aromatic carbocycles. The molecule has 2 rings (SSSR count). The molecule has 0 unspecified atom stereocenters. The molecule has 0 radical (unpaired) electrons. The van der Waals surface area contributed by atoms with Gasteiger partial charge in [-0.1, -0.05) is 30.3 Å². The highest BCUT2D eigenvalue weighted by atomic mass is 35.7. The van der Waals surface area contributed by atoms with Gasteiger partial charge in [-0.25, -0.2) is 23.6 Å². The van der Waals surface area contributed by atoms with Crippen molar-refractivity contribution in [3.63, 3.8) is 0 Å². The second-order valence-electron chi connectivity index (χ2n) is 4.50. The number of aromatic amines is 1. The van der Waals surface area contributed by atoms with Crippen LogP contribution < -0.4 is 23.6 Å². The molecule has 0 spiro atoms. The molecule has 0 atom stereocenters. The number of H-pyrrole nitrogens is 1. The normalized spacial score (nSPS) is 11.5. The number of pyridine rings is 1. The minimum absolute atomic E-state index is 1.20. The van der Waals surface area contributed by atoms with Gasteiger partial charge in [0.15, 0.2) is 12.4 Å². The van der Waals surface area contributed by atoms with Crippen molar-refractivity contribution in [3.8, 4) is 0 Å². The Morgan fingerprint density at radius 2 is 1.45 bits per heavy atom. The van der Waals surface area contributed by atoms with Crippen molar-refractivity contribution in [2.75, 3.05) is 14.1 Å². The molecule has 0 aliphatic heterocycles. The zero-order valence-electron chi connectivity index (χ0n) is 12.2. The molecule has 7 heteroatoms. The molecular formula is C15H17ClN2O4. The summed E-state index contributed by atoms with van der Waals surface area (Å²) in [6.45, 7) is 0. The van der Waals surface area contributed by atoms with Crippen molar-refractivity contribution < 1.29 is 33.9 Å². The van der Waals surface area contributed by atoms with E-state index in [1.54, 1.807) is 0 Å². The van der Waals surface area contributed by atoms with Gasteiger partial charge in [0.2, 0.25) is 0 Å². The highest BCUT2D eigenvalue weighted by molar-refractivity contribution is 5.79. The van der Waals surface area contributed by atoms with E-state index in [1.807, 2.05) is 18.5 Å². The summed E-state index contributed by atoms with van der Waals surface area (Å²) >= 11 is 0. The van der Waals surface area contributed by atoms with Gasteiger partial charge in [-0.2, -0.15) is 0 Å². The van der Waals surface area contributed by atoms with Gasteiger partial charge in [-0.3, -0.25) is 0 Å². The Morgan fingerprint density at radius 3 is 1.91 bits per heavy atom. The maximum Gasteiger partial charge on any atom is 0.167 e. The number of hydrogen-bond acceptors (Lipinski definition) is 5. The van der Waals surface area contributed by atoms with E-state index in [4.69, 9.17) is 18.6 Å². The van der Waals surface area contributed by atoms with Crippen LogP contribution in [-0.2, 0) is 0 Å². The third-order valence-electron chi connectivity index (χ3n) is 2.60. The number of benzene rings is 1. The number of aromatic nitrogens is 1. The first-order valence-electron chi connectivity index (χ1n) is 6.29. The molecule has 0 saturated heterocycles. The van der Waals surface area contributed by atoms with Gasteiger partial charge in [-0.15, -0.1) is 10.2 Å². The summed E-state index contributed by atoms with van der Waals surface area (Å²) in [6, 6.07) is 14.5. The van der Waals surface area contributed by atoms with Gasteiger partial charge >= 0.3 is 0 Å². The van der Waals surface area contributed by atoms with Gasteiger partial charge < -0.3 is 4.90 Å². The standard InChI is InChI=1S/C15H16N2.ClHO4/c1-17(2)15(14-8-10-16-11-9-14)12-13-6-4-3-5-7-13;2-1(3,4)5/h3-12H,1-2H3;(H,2,3,4,5). The Morgan fingerprint density at radius 1 is 0.955 bits per heavy atom. The van der Waals surface area contributed by atoms with E-state index < -0.39 is 10.2 Å². The van der Waals surface area contributed by atoms with Crippen LogP contribution in [0.15, 0.2) is 54.9 Å². The topological polar surface area (TPSA) is 110 Å². The number of rotatable bonds is 3. The average molecular weight is 325 g/mol. The first-order valence-corrected chi connectivity index (χ1v) is 7.53. The summed E-state index contributed by atoms with van der Waals surface area (Å²) in [5, 5.41) is 0. The average Bonchev–Trinajstić information content (AvgIpc) is 2.45. The SMILES string of the molecule is CN(C)C(=Cc1ccccc1)c1cc[nH+]cc1.[O-][Cl+3]([O-])([O-])[O-]. The molecule has 22 heavy (non-hydrogen) atoms. The second kappa shape index (κ2) is 8.47. The summed E-state index contributed by atoms with van der Waals surface area (Å²) in [5.74, 6) is 0. The molecule has 2 aromatic rings. The maximum atomic E-state index is 8.49. The third-order valence-corrected chi connectivity index (χ3v) is 2.60. The smallest absolute Gasteiger partial charge is 0.167 e. The zero-order chi connectivity index (χ0) is 16.6. The van der Waals surface area contributed by atoms with E-state index in [0.717, 1.165) is 0 Å². The summed E-state index contributed by atoms with van der Waals surface area (Å²) < 4.78 is 34.0. The van der Waals surface area contributed by atoms with E-state index in [9.17, 15) is 0 Å². The van der Waals surface area contributed by atoms with Gasteiger partial charge in [0, 0.05) is 37.5 Å². The van der Waals surface area contributed by atoms with Gasteiger partial charge in [0.05, 0.1) is 0 Å². The first kappa shape index (κ1) is 18.1. The largest absolute Gasteiger partial charge is 0.377 e. The summed E-state index contributed by atoms with van der Waals surface area (Å²) in [4.78, 5) is 5.17. The molecule has 0 aliphatic carbocycles. The molecule has 0 saturated carbocycles. The van der Waals surface area contributed by atoms with E-state index in [1.165, 1.54) is 16.8 Å². The Hall–Kier alpha value is -1.96. The van der Waals surface area contributed by atoms with Crippen molar-refractivity contribution in [1.82, 2.24) is 4.90 Å². The van der Waals surface area contributed by atoms with Crippen LogP contribution in [0.1, 0.15) is 11.1 Å². The quantitative estimate of drug-likeness (QED) is 0.636. The fourth-order valence-corrected chi connectivity index (χ4v) is 1.74. The van der Waals surface area contributed by atoms with Crippen LogP contribution in [-0.4, -0.2) is 19.0 Å². The van der Waals surface area contributed by atoms with Crippen LogP contribution >= 0.6 is 0 Å². The van der Waals surface area contributed by atoms with Gasteiger partial charge in [-0.05, 0) is 11.6 Å². The molecule has 0 aliphatic rings. The lowest BCUT2D eigenvalue weighted by Crippen LogP contribution is -2.68. The molecule has 1 heterocycles. The first-order chi connectivity index (χ1) is 10.3. The van der Waals surface area contributed by atoms with Crippen molar-refractivity contribution in [3.05, 3.63) is 66.0 Å². The fourth-order valence-electron chi connectivity index (χ4n) is 1.74. The lowest BCUT2D eigenvalue weighted by molar-refractivity contribution is -2.00. The lowest BCUT2D eigenvalue weighted by Gasteiger charge is -2.17. The molecule has 0 amide bonds. The Bertz CT molecular complexity index is 577. The molecule has 0 bridgehead atoms. The number of nitrogens with one attached hydrogen (secondary N) is 1. The van der Waals surface area contributed by atoms with Crippen molar-refractivity contribution in [1.29, 1.82) is 0 Å². The lowest BCUT2D eigenvalue weighted by atomic mass is 10.1. The Balaban J connectivity index is 0.000000422. The van der Waals surface area contributed by atoms with Crippen molar-refractivity contribution in [2.45, 2.75) is 0 Å². The minimum Gasteiger partial charge on any atom is -0.377 e. The molecule has 118 valence electrons. The highest BCUT2D eigenvalue weighted by Crippen LogP contribution is 2.18. The van der Waals surface area contributed by atoms with Crippen molar-refractivity contribution >= 4 is 11.8 Å². The third kappa shape index (κ3) is 7.72. The van der Waals surface area contributed by atoms with Crippen molar-refractivity contribution in [2.24, 2.45) is 0 Å². The Labute approximate surface area is 131 Å². The number of hydrogen-bond donors (Lipinski definition) is 0. The summed E-state index contributed by atoms with van der Waals surface area (Å²) in [6.07, 6.45) is 6.07. The van der Waals surface area contributed by atoms with Crippen LogP contribution in [0.3, 0.4) is 0 Å². The van der Waals surface area contributed by atoms with E-state index in [0.29, 0.717) is 0 Å². The van der Waals surface area contributed by atoms with Crippen LogP contribution in [0.2, 0.25) is 0 Å². The van der Waals surface area contributed by atoms with E-state index in [2.05, 4.69) is 66.5 Å². The Kier molecular flexibility index (Phi) is 6.97. The number of halogens is 1. The fraction of sp³-hybridized carbons (Fsp3) is 0.133. The number of nitrogens with zero attached hydrogens (tertiary/aromatic N) is 1. The highest BCUT2D eigenvalue weighted by Gasteiger charge is 2.04. The summed E-state index contributed by atoms with van der Waals surface area (Å²) in [7, 11) is -0.822. The van der Waals surface area contributed by atoms with Crippen LogP contribution in [0.5, 0.6) is 0 Å². The monoisotopic (exact) mass is 324 g/mol. The summed E-state index contributed by atoms with van der Waals surface area (Å²) in [5.41, 5.74) is 3.62. The maximum absolute atomic E-state index is 8.49. The minimum atomic E-state index is -4.94. The van der Waals surface area contributed by atoms with Gasteiger partial charge in [0.1, 0.15) is 0 Å². The molecular weight excluding hydrogens is 308 g/mol. The van der Waals surface area contributed by atoms with E-state index >= 15 is 0 Å². The molecule has 6 nitrogen and oxygen atoms in total.